The van der Waals surface area contributed by atoms with E-state index < -0.39 is 11.1 Å². The van der Waals surface area contributed by atoms with Gasteiger partial charge in [-0.2, -0.15) is 5.10 Å². The highest BCUT2D eigenvalue weighted by molar-refractivity contribution is 5.76. The summed E-state index contributed by atoms with van der Waals surface area (Å²) < 4.78 is 2.70. The maximum Gasteiger partial charge on any atom is 0.265 e. The van der Waals surface area contributed by atoms with Crippen LogP contribution in [0.4, 0.5) is 0 Å². The molecule has 128 valence electrons. The predicted octanol–water partition coefficient (Wildman–Crippen LogP) is 0.600. The number of nitrogens with one attached hydrogen (secondary N) is 2. The Bertz CT molecular complexity index is 988. The number of amides is 1. The van der Waals surface area contributed by atoms with Crippen molar-refractivity contribution in [1.82, 2.24) is 24.9 Å². The van der Waals surface area contributed by atoms with E-state index in [-0.39, 0.29) is 18.5 Å². The summed E-state index contributed by atoms with van der Waals surface area (Å²) in [4.78, 5) is 35.2. The van der Waals surface area contributed by atoms with Crippen molar-refractivity contribution >= 4 is 5.91 Å². The molecule has 0 saturated carbocycles. The summed E-state index contributed by atoms with van der Waals surface area (Å²) in [5, 5.41) is 9.38. The van der Waals surface area contributed by atoms with E-state index in [2.05, 4.69) is 15.5 Å². The van der Waals surface area contributed by atoms with E-state index >= 15 is 0 Å². The van der Waals surface area contributed by atoms with Gasteiger partial charge in [0, 0.05) is 24.5 Å². The van der Waals surface area contributed by atoms with E-state index in [9.17, 15) is 14.4 Å². The third-order valence-electron chi connectivity index (χ3n) is 3.72. The molecule has 1 amide bonds. The molecule has 2 N–H and O–H groups in total. The zero-order valence-electron chi connectivity index (χ0n) is 13.5. The number of nitrogens with zero attached hydrogens (tertiary/aromatic N) is 3. The zero-order valence-corrected chi connectivity index (χ0v) is 13.5. The summed E-state index contributed by atoms with van der Waals surface area (Å²) in [6.07, 6.45) is 3.50. The number of benzene rings is 1. The van der Waals surface area contributed by atoms with Gasteiger partial charge < -0.3 is 5.32 Å². The number of carbonyl (C=O) groups excluding carboxylic acids is 1. The Morgan fingerprint density at radius 3 is 2.76 bits per heavy atom. The van der Waals surface area contributed by atoms with Crippen LogP contribution < -0.4 is 16.4 Å². The van der Waals surface area contributed by atoms with Gasteiger partial charge in [0.15, 0.2) is 0 Å². The monoisotopic (exact) mass is 339 g/mol. The fourth-order valence-corrected chi connectivity index (χ4v) is 2.56. The Labute approximate surface area is 142 Å². The molecule has 0 fully saturated rings. The first kappa shape index (κ1) is 16.4. The highest BCUT2D eigenvalue weighted by Gasteiger charge is 2.15. The van der Waals surface area contributed by atoms with Gasteiger partial charge in [-0.3, -0.25) is 19.5 Å². The minimum absolute atomic E-state index is 0.261. The van der Waals surface area contributed by atoms with Crippen LogP contribution in [0.5, 0.6) is 0 Å². The Hall–Kier alpha value is -3.42. The number of hydrogen-bond donors (Lipinski definition) is 2. The van der Waals surface area contributed by atoms with Gasteiger partial charge in [-0.1, -0.05) is 18.2 Å². The maximum absolute atomic E-state index is 12.2. The summed E-state index contributed by atoms with van der Waals surface area (Å²) >= 11 is 0. The summed E-state index contributed by atoms with van der Waals surface area (Å²) in [5.41, 5.74) is 0.850. The van der Waals surface area contributed by atoms with Crippen molar-refractivity contribution in [3.8, 4) is 5.69 Å². The largest absolute Gasteiger partial charge is 0.348 e. The summed E-state index contributed by atoms with van der Waals surface area (Å²) in [5.74, 6) is -0.383. The molecular weight excluding hydrogens is 322 g/mol. The van der Waals surface area contributed by atoms with Crippen molar-refractivity contribution in [2.45, 2.75) is 19.5 Å². The van der Waals surface area contributed by atoms with Gasteiger partial charge in [-0.05, 0) is 24.6 Å². The average molecular weight is 339 g/mol. The van der Waals surface area contributed by atoms with Crippen molar-refractivity contribution < 1.29 is 4.79 Å². The molecule has 1 atom stereocenters. The molecule has 0 aliphatic carbocycles. The lowest BCUT2D eigenvalue weighted by Gasteiger charge is -2.18. The number of carbonyl (C=O) groups is 1. The van der Waals surface area contributed by atoms with Crippen LogP contribution in [-0.4, -0.2) is 25.5 Å². The second-order valence-electron chi connectivity index (χ2n) is 5.53. The van der Waals surface area contributed by atoms with Crippen LogP contribution in [0.25, 0.3) is 5.69 Å². The van der Waals surface area contributed by atoms with Crippen LogP contribution in [0.2, 0.25) is 0 Å². The normalized spacial score (nSPS) is 11.9. The third kappa shape index (κ3) is 3.74. The second-order valence-corrected chi connectivity index (χ2v) is 5.53. The molecule has 1 aromatic carbocycles. The first-order valence-corrected chi connectivity index (χ1v) is 7.73. The van der Waals surface area contributed by atoms with Crippen molar-refractivity contribution in [2.75, 3.05) is 0 Å². The number of aromatic nitrogens is 4. The number of H-pyrrole nitrogens is 1. The minimum atomic E-state index is -0.445. The van der Waals surface area contributed by atoms with Gasteiger partial charge >= 0.3 is 0 Å². The molecule has 2 heterocycles. The van der Waals surface area contributed by atoms with E-state index in [1.807, 2.05) is 43.5 Å². The molecular formula is C17H17N5O3. The van der Waals surface area contributed by atoms with Crippen molar-refractivity contribution in [2.24, 2.45) is 0 Å². The molecule has 0 bridgehead atoms. The zero-order chi connectivity index (χ0) is 17.8. The predicted molar refractivity (Wildman–Crippen MR) is 91.4 cm³/mol. The molecule has 25 heavy (non-hydrogen) atoms. The fourth-order valence-electron chi connectivity index (χ4n) is 2.56. The first-order valence-electron chi connectivity index (χ1n) is 7.73. The molecule has 8 heteroatoms. The molecule has 0 aliphatic rings. The summed E-state index contributed by atoms with van der Waals surface area (Å²) in [6, 6.07) is 11.3. The van der Waals surface area contributed by atoms with Crippen LogP contribution in [0.3, 0.4) is 0 Å². The molecule has 0 aliphatic heterocycles. The lowest BCUT2D eigenvalue weighted by molar-refractivity contribution is -0.122. The molecule has 2 aromatic heterocycles. The molecule has 8 nitrogen and oxygen atoms in total. The molecule has 0 saturated heterocycles. The van der Waals surface area contributed by atoms with E-state index in [1.165, 1.54) is 0 Å². The molecule has 0 unspecified atom stereocenters. The lowest BCUT2D eigenvalue weighted by Crippen LogP contribution is -2.37. The highest BCUT2D eigenvalue weighted by atomic mass is 16.2. The molecule has 3 aromatic rings. The SMILES string of the molecule is C[C@@H](NC(=O)Cn1[nH]c(=O)ccc1=O)c1ccccc1-n1cccn1. The smallest absolute Gasteiger partial charge is 0.265 e. The van der Waals surface area contributed by atoms with E-state index in [0.717, 1.165) is 28.1 Å². The van der Waals surface area contributed by atoms with Gasteiger partial charge in [0.05, 0.1) is 11.7 Å². The van der Waals surface area contributed by atoms with Crippen LogP contribution in [0.15, 0.2) is 64.4 Å². The second kappa shape index (κ2) is 7.00. The summed E-state index contributed by atoms with van der Waals surface area (Å²) in [6.45, 7) is 1.58. The molecule has 0 spiro atoms. The molecule has 0 radical (unpaired) electrons. The number of hydrogen-bond acceptors (Lipinski definition) is 4. The summed E-state index contributed by atoms with van der Waals surface area (Å²) in [7, 11) is 0. The number of para-hydroxylation sites is 1. The van der Waals surface area contributed by atoms with Gasteiger partial charge in [0.25, 0.3) is 11.1 Å². The Balaban J connectivity index is 1.78. The van der Waals surface area contributed by atoms with E-state index in [1.54, 1.807) is 10.9 Å². The maximum atomic E-state index is 12.2. The van der Waals surface area contributed by atoms with Crippen LogP contribution in [0, 0.1) is 0 Å². The quantitative estimate of drug-likeness (QED) is 0.710. The lowest BCUT2D eigenvalue weighted by atomic mass is 10.1. The average Bonchev–Trinajstić information content (AvgIpc) is 3.12. The number of aromatic amines is 1. The van der Waals surface area contributed by atoms with Crippen molar-refractivity contribution in [3.63, 3.8) is 0 Å². The molecule has 3 rings (SSSR count). The number of rotatable bonds is 5. The van der Waals surface area contributed by atoms with Crippen LogP contribution in [0.1, 0.15) is 18.5 Å². The van der Waals surface area contributed by atoms with Gasteiger partial charge in [-0.15, -0.1) is 0 Å². The van der Waals surface area contributed by atoms with Gasteiger partial charge in [0.2, 0.25) is 5.91 Å². The van der Waals surface area contributed by atoms with Gasteiger partial charge in [-0.25, -0.2) is 9.36 Å². The van der Waals surface area contributed by atoms with E-state index in [4.69, 9.17) is 0 Å². The van der Waals surface area contributed by atoms with Crippen LogP contribution >= 0.6 is 0 Å². The van der Waals surface area contributed by atoms with Gasteiger partial charge in [0.1, 0.15) is 6.54 Å². The van der Waals surface area contributed by atoms with E-state index in [0.29, 0.717) is 0 Å². The highest BCUT2D eigenvalue weighted by Crippen LogP contribution is 2.20. The fraction of sp³-hybridized carbons (Fsp3) is 0.176. The minimum Gasteiger partial charge on any atom is -0.348 e. The Morgan fingerprint density at radius 2 is 2.00 bits per heavy atom. The topological polar surface area (TPSA) is 102 Å². The van der Waals surface area contributed by atoms with Crippen LogP contribution in [-0.2, 0) is 11.3 Å². The Morgan fingerprint density at radius 1 is 1.20 bits per heavy atom. The van der Waals surface area contributed by atoms with Crippen molar-refractivity contribution in [3.05, 3.63) is 81.1 Å². The van der Waals surface area contributed by atoms with Crippen molar-refractivity contribution in [1.29, 1.82) is 0 Å². The Kier molecular flexibility index (Phi) is 4.60. The first-order chi connectivity index (χ1) is 12.0. The third-order valence-corrected chi connectivity index (χ3v) is 3.72. The standard InChI is InChI=1S/C17H17N5O3/c1-12(13-5-2-3-6-14(13)21-10-4-9-18-21)19-16(24)11-22-17(25)8-7-15(23)20-22/h2-10,12H,11H2,1H3,(H,19,24)(H,20,23)/t12-/m1/s1.